The van der Waals surface area contributed by atoms with Crippen LogP contribution in [-0.4, -0.2) is 47.8 Å². The van der Waals surface area contributed by atoms with Gasteiger partial charge >= 0.3 is 0 Å². The fourth-order valence-corrected chi connectivity index (χ4v) is 3.50. The van der Waals surface area contributed by atoms with Gasteiger partial charge in [0.15, 0.2) is 6.10 Å². The van der Waals surface area contributed by atoms with E-state index >= 15 is 0 Å². The van der Waals surface area contributed by atoms with Gasteiger partial charge in [-0.1, -0.05) is 75.4 Å². The molecule has 0 bridgehead atoms. The molecular weight excluding hydrogens is 442 g/mol. The number of rotatable bonds is 10. The molecule has 0 radical (unpaired) electrons. The molecule has 6 nitrogen and oxygen atoms in total. The third-order valence-electron chi connectivity index (χ3n) is 5.48. The number of aliphatic imine (C=N–C) groups is 1. The third-order valence-corrected chi connectivity index (χ3v) is 5.48. The molecule has 3 aromatic carbocycles. The molecule has 35 heavy (non-hydrogen) atoms. The van der Waals surface area contributed by atoms with Crippen molar-refractivity contribution in [3.05, 3.63) is 95.6 Å². The highest BCUT2D eigenvalue weighted by molar-refractivity contribution is 6.08. The van der Waals surface area contributed by atoms with Crippen LogP contribution in [0.5, 0.6) is 11.5 Å². The van der Waals surface area contributed by atoms with Crippen LogP contribution in [0.4, 0.5) is 0 Å². The number of nitrogens with zero attached hydrogens (tertiary/aromatic N) is 1. The van der Waals surface area contributed by atoms with Crippen molar-refractivity contribution in [1.82, 2.24) is 0 Å². The maximum atomic E-state index is 13.3. The number of carbonyl (C=O) groups excluding carboxylic acids is 1. The van der Waals surface area contributed by atoms with E-state index in [1.54, 1.807) is 24.3 Å². The van der Waals surface area contributed by atoms with Crippen LogP contribution in [0.15, 0.2) is 83.9 Å². The summed E-state index contributed by atoms with van der Waals surface area (Å²) in [6.45, 7) is 6.20. The molecule has 0 fully saturated rings. The van der Waals surface area contributed by atoms with Gasteiger partial charge in [-0.05, 0) is 46.4 Å². The normalized spacial score (nSPS) is 12.8. The standard InChI is InChI=1S/C29H33NO5/c1-29(2,3)23-11-15-25(16-12-23)35-27(19-21-9-13-24(14-10-21)34-18-17-31)28(33)30-26(20-32)22-7-5-4-6-8-22/h4-16,27,31-32H,17-20H2,1-3H3/t27-/m0/s1. The lowest BCUT2D eigenvalue weighted by atomic mass is 9.87. The van der Waals surface area contributed by atoms with Gasteiger partial charge in [0.2, 0.25) is 0 Å². The first-order valence-corrected chi connectivity index (χ1v) is 11.7. The topological polar surface area (TPSA) is 88.4 Å². The Morgan fingerprint density at radius 2 is 1.51 bits per heavy atom. The Bertz CT molecular complexity index is 1100. The SMILES string of the molecule is CC(C)(C)c1ccc(O[C@@H](Cc2ccc(OCCO)cc2)C(=O)N=C(CO)c2ccccc2)cc1. The molecule has 0 aliphatic heterocycles. The molecule has 1 atom stereocenters. The molecule has 3 rings (SSSR count). The van der Waals surface area contributed by atoms with Gasteiger partial charge in [0.05, 0.1) is 18.9 Å². The van der Waals surface area contributed by atoms with Crippen LogP contribution >= 0.6 is 0 Å². The highest BCUT2D eigenvalue weighted by Crippen LogP contribution is 2.25. The maximum Gasteiger partial charge on any atom is 0.287 e. The molecular formula is C29H33NO5. The average Bonchev–Trinajstić information content (AvgIpc) is 2.86. The Morgan fingerprint density at radius 3 is 2.09 bits per heavy atom. The van der Waals surface area contributed by atoms with Crippen molar-refractivity contribution in [2.45, 2.75) is 38.7 Å². The summed E-state index contributed by atoms with van der Waals surface area (Å²) in [5.74, 6) is 0.729. The number of aliphatic hydroxyl groups is 2. The fourth-order valence-electron chi connectivity index (χ4n) is 3.50. The van der Waals surface area contributed by atoms with Gasteiger partial charge in [-0.3, -0.25) is 4.79 Å². The van der Waals surface area contributed by atoms with Crippen LogP contribution < -0.4 is 9.47 Å². The van der Waals surface area contributed by atoms with Gasteiger partial charge in [-0.25, -0.2) is 4.99 Å². The first-order valence-electron chi connectivity index (χ1n) is 11.7. The van der Waals surface area contributed by atoms with Gasteiger partial charge in [0.1, 0.15) is 18.1 Å². The molecule has 0 heterocycles. The molecule has 3 aromatic rings. The van der Waals surface area contributed by atoms with E-state index < -0.39 is 12.0 Å². The Balaban J connectivity index is 1.85. The predicted molar refractivity (Wildman–Crippen MR) is 137 cm³/mol. The van der Waals surface area contributed by atoms with Crippen molar-refractivity contribution in [1.29, 1.82) is 0 Å². The van der Waals surface area contributed by atoms with Crippen molar-refractivity contribution < 1.29 is 24.5 Å². The summed E-state index contributed by atoms with van der Waals surface area (Å²) in [7, 11) is 0. The van der Waals surface area contributed by atoms with Gasteiger partial charge in [-0.15, -0.1) is 0 Å². The lowest BCUT2D eigenvalue weighted by Crippen LogP contribution is -2.30. The van der Waals surface area contributed by atoms with E-state index in [1.165, 1.54) is 0 Å². The minimum absolute atomic E-state index is 0.00357. The molecule has 0 saturated carbocycles. The number of hydrogen-bond donors (Lipinski definition) is 2. The quantitative estimate of drug-likeness (QED) is 0.426. The zero-order chi connectivity index (χ0) is 25.3. The second-order valence-electron chi connectivity index (χ2n) is 9.22. The zero-order valence-corrected chi connectivity index (χ0v) is 20.5. The predicted octanol–water partition coefficient (Wildman–Crippen LogP) is 4.35. The number of benzene rings is 3. The summed E-state index contributed by atoms with van der Waals surface area (Å²) >= 11 is 0. The first-order chi connectivity index (χ1) is 16.8. The van der Waals surface area contributed by atoms with Crippen LogP contribution in [0.25, 0.3) is 0 Å². The summed E-state index contributed by atoms with van der Waals surface area (Å²) in [4.78, 5) is 17.5. The molecule has 1 amide bonds. The molecule has 0 unspecified atom stereocenters. The molecule has 0 aliphatic rings. The van der Waals surface area contributed by atoms with Crippen molar-refractivity contribution >= 4 is 11.6 Å². The molecule has 184 valence electrons. The zero-order valence-electron chi connectivity index (χ0n) is 20.5. The lowest BCUT2D eigenvalue weighted by Gasteiger charge is -2.21. The summed E-state index contributed by atoms with van der Waals surface area (Å²) in [5, 5.41) is 18.8. The summed E-state index contributed by atoms with van der Waals surface area (Å²) in [6.07, 6.45) is -0.595. The number of aliphatic hydroxyl groups excluding tert-OH is 2. The fraction of sp³-hybridized carbons (Fsp3) is 0.310. The van der Waals surface area contributed by atoms with E-state index in [2.05, 4.69) is 25.8 Å². The van der Waals surface area contributed by atoms with Crippen LogP contribution in [0.3, 0.4) is 0 Å². The van der Waals surface area contributed by atoms with E-state index in [1.807, 2.05) is 54.6 Å². The minimum Gasteiger partial charge on any atom is -0.491 e. The Morgan fingerprint density at radius 1 is 0.886 bits per heavy atom. The van der Waals surface area contributed by atoms with Gasteiger partial charge in [0.25, 0.3) is 5.91 Å². The smallest absolute Gasteiger partial charge is 0.287 e. The van der Waals surface area contributed by atoms with E-state index in [-0.39, 0.29) is 31.7 Å². The molecule has 0 aromatic heterocycles. The van der Waals surface area contributed by atoms with Gasteiger partial charge < -0.3 is 19.7 Å². The minimum atomic E-state index is -0.884. The molecule has 0 saturated heterocycles. The van der Waals surface area contributed by atoms with Crippen LogP contribution in [0.2, 0.25) is 0 Å². The largest absolute Gasteiger partial charge is 0.491 e. The number of ether oxygens (including phenoxy) is 2. The number of hydrogen-bond acceptors (Lipinski definition) is 5. The molecule has 0 aliphatic carbocycles. The Labute approximate surface area is 206 Å². The second-order valence-corrected chi connectivity index (χ2v) is 9.22. The van der Waals surface area contributed by atoms with Crippen molar-refractivity contribution in [2.24, 2.45) is 4.99 Å². The monoisotopic (exact) mass is 475 g/mol. The van der Waals surface area contributed by atoms with Crippen molar-refractivity contribution in [3.8, 4) is 11.5 Å². The van der Waals surface area contributed by atoms with E-state index in [0.29, 0.717) is 22.8 Å². The third kappa shape index (κ3) is 7.77. The highest BCUT2D eigenvalue weighted by atomic mass is 16.5. The molecule has 0 spiro atoms. The van der Waals surface area contributed by atoms with E-state index in [0.717, 1.165) is 11.1 Å². The Hall–Kier alpha value is -3.48. The first kappa shape index (κ1) is 26.1. The van der Waals surface area contributed by atoms with Crippen molar-refractivity contribution in [2.75, 3.05) is 19.8 Å². The summed E-state index contributed by atoms with van der Waals surface area (Å²) in [6, 6.07) is 24.1. The lowest BCUT2D eigenvalue weighted by molar-refractivity contribution is -0.124. The highest BCUT2D eigenvalue weighted by Gasteiger charge is 2.23. The van der Waals surface area contributed by atoms with E-state index in [9.17, 15) is 9.90 Å². The van der Waals surface area contributed by atoms with E-state index in [4.69, 9.17) is 14.6 Å². The summed E-state index contributed by atoms with van der Waals surface area (Å²) in [5.41, 5.74) is 3.01. The molecule has 2 N–H and O–H groups in total. The number of carbonyl (C=O) groups is 1. The van der Waals surface area contributed by atoms with Crippen LogP contribution in [0.1, 0.15) is 37.5 Å². The maximum absolute atomic E-state index is 13.3. The Kier molecular flexibility index (Phi) is 9.18. The molecule has 6 heteroatoms. The van der Waals surface area contributed by atoms with Crippen LogP contribution in [-0.2, 0) is 16.6 Å². The van der Waals surface area contributed by atoms with Gasteiger partial charge in [0, 0.05) is 6.42 Å². The average molecular weight is 476 g/mol. The second kappa shape index (κ2) is 12.3. The summed E-state index contributed by atoms with van der Waals surface area (Å²) < 4.78 is 11.5. The van der Waals surface area contributed by atoms with Crippen LogP contribution in [0, 0.1) is 0 Å². The number of amides is 1. The van der Waals surface area contributed by atoms with Gasteiger partial charge in [-0.2, -0.15) is 0 Å². The van der Waals surface area contributed by atoms with Crippen molar-refractivity contribution in [3.63, 3.8) is 0 Å².